The van der Waals surface area contributed by atoms with Crippen LogP contribution in [0.25, 0.3) is 0 Å². The van der Waals surface area contributed by atoms with Crippen LogP contribution in [0, 0.1) is 17.2 Å². The summed E-state index contributed by atoms with van der Waals surface area (Å²) in [6.45, 7) is 8.35. The fourth-order valence-corrected chi connectivity index (χ4v) is 3.07. The van der Waals surface area contributed by atoms with E-state index in [0.717, 1.165) is 18.9 Å². The largest absolute Gasteiger partial charge is 0.303 e. The van der Waals surface area contributed by atoms with Crippen LogP contribution in [0.1, 0.15) is 52.9 Å². The van der Waals surface area contributed by atoms with Crippen molar-refractivity contribution in [3.05, 3.63) is 0 Å². The molecule has 2 atom stereocenters. The molecule has 0 aromatic rings. The summed E-state index contributed by atoms with van der Waals surface area (Å²) in [7, 11) is 2.20. The molecule has 0 spiro atoms. The summed E-state index contributed by atoms with van der Waals surface area (Å²) in [5.41, 5.74) is -0.391. The van der Waals surface area contributed by atoms with E-state index >= 15 is 0 Å². The Kier molecular flexibility index (Phi) is 6.11. The van der Waals surface area contributed by atoms with Crippen molar-refractivity contribution >= 4 is 0 Å². The highest BCUT2D eigenvalue weighted by Gasteiger charge is 2.28. The second-order valence-corrected chi connectivity index (χ2v) is 6.12. The van der Waals surface area contributed by atoms with Gasteiger partial charge in [0, 0.05) is 12.6 Å². The van der Waals surface area contributed by atoms with Crippen LogP contribution in [0.4, 0.5) is 0 Å². The van der Waals surface area contributed by atoms with Crippen molar-refractivity contribution in [3.63, 3.8) is 0 Å². The molecule has 0 heterocycles. The van der Waals surface area contributed by atoms with Gasteiger partial charge in [0.2, 0.25) is 0 Å². The molecular formula is C15H29N3. The quantitative estimate of drug-likeness (QED) is 0.756. The van der Waals surface area contributed by atoms with Gasteiger partial charge in [-0.1, -0.05) is 19.8 Å². The van der Waals surface area contributed by atoms with E-state index < -0.39 is 5.54 Å². The predicted octanol–water partition coefficient (Wildman–Crippen LogP) is 2.78. The van der Waals surface area contributed by atoms with E-state index in [-0.39, 0.29) is 0 Å². The number of rotatable bonds is 7. The zero-order valence-corrected chi connectivity index (χ0v) is 12.5. The summed E-state index contributed by atoms with van der Waals surface area (Å²) in [5, 5.41) is 12.6. The van der Waals surface area contributed by atoms with Crippen LogP contribution >= 0.6 is 0 Å². The molecule has 0 aromatic carbocycles. The normalized spacial score (nSPS) is 21.8. The second-order valence-electron chi connectivity index (χ2n) is 6.12. The van der Waals surface area contributed by atoms with Gasteiger partial charge in [-0.2, -0.15) is 5.26 Å². The maximum absolute atomic E-state index is 9.30. The number of nitriles is 1. The highest BCUT2D eigenvalue weighted by Crippen LogP contribution is 2.26. The lowest BCUT2D eigenvalue weighted by molar-refractivity contribution is 0.187. The smallest absolute Gasteiger partial charge is 0.105 e. The lowest BCUT2D eigenvalue weighted by Crippen LogP contribution is -2.47. The molecule has 1 fully saturated rings. The fraction of sp³-hybridized carbons (Fsp3) is 0.933. The molecule has 18 heavy (non-hydrogen) atoms. The lowest BCUT2D eigenvalue weighted by Gasteiger charge is -2.33. The Morgan fingerprint density at radius 2 is 2.06 bits per heavy atom. The maximum Gasteiger partial charge on any atom is 0.105 e. The van der Waals surface area contributed by atoms with Gasteiger partial charge in [0.1, 0.15) is 5.54 Å². The van der Waals surface area contributed by atoms with E-state index in [1.165, 1.54) is 32.2 Å². The van der Waals surface area contributed by atoms with Crippen molar-refractivity contribution < 1.29 is 0 Å². The van der Waals surface area contributed by atoms with Crippen molar-refractivity contribution in [2.45, 2.75) is 64.5 Å². The average Bonchev–Trinajstić information content (AvgIpc) is 2.82. The molecule has 104 valence electrons. The standard InChI is InChI=1S/C15H29N3/c1-5-17-15(3,12-16)10-13(2)18(4)11-14-8-6-7-9-14/h13-14,17H,5-11H2,1-4H3. The first-order chi connectivity index (χ1) is 8.50. The zero-order chi connectivity index (χ0) is 13.6. The van der Waals surface area contributed by atoms with E-state index in [4.69, 9.17) is 0 Å². The third-order valence-corrected chi connectivity index (χ3v) is 4.29. The monoisotopic (exact) mass is 251 g/mol. The maximum atomic E-state index is 9.30. The summed E-state index contributed by atoms with van der Waals surface area (Å²) < 4.78 is 0. The third kappa shape index (κ3) is 4.59. The summed E-state index contributed by atoms with van der Waals surface area (Å²) in [4.78, 5) is 2.43. The van der Waals surface area contributed by atoms with Crippen molar-refractivity contribution in [1.82, 2.24) is 10.2 Å². The average molecular weight is 251 g/mol. The third-order valence-electron chi connectivity index (χ3n) is 4.29. The van der Waals surface area contributed by atoms with Gasteiger partial charge in [0.15, 0.2) is 0 Å². The molecule has 0 radical (unpaired) electrons. The number of nitrogens with zero attached hydrogens (tertiary/aromatic N) is 2. The van der Waals surface area contributed by atoms with Gasteiger partial charge in [-0.25, -0.2) is 0 Å². The topological polar surface area (TPSA) is 39.1 Å². The van der Waals surface area contributed by atoms with Crippen LogP contribution in [0.3, 0.4) is 0 Å². The number of hydrogen-bond donors (Lipinski definition) is 1. The Bertz CT molecular complexity index is 278. The minimum Gasteiger partial charge on any atom is -0.303 e. The highest BCUT2D eigenvalue weighted by atomic mass is 15.1. The Hall–Kier alpha value is -0.590. The molecule has 2 unspecified atom stereocenters. The van der Waals surface area contributed by atoms with Crippen molar-refractivity contribution in [1.29, 1.82) is 5.26 Å². The molecule has 0 aliphatic heterocycles. The van der Waals surface area contributed by atoms with Gasteiger partial charge in [-0.05, 0) is 52.6 Å². The van der Waals surface area contributed by atoms with Crippen molar-refractivity contribution in [2.75, 3.05) is 20.1 Å². The van der Waals surface area contributed by atoms with Crippen LogP contribution in [-0.4, -0.2) is 36.6 Å². The van der Waals surface area contributed by atoms with Gasteiger partial charge in [-0.3, -0.25) is 5.32 Å². The van der Waals surface area contributed by atoms with Crippen LogP contribution in [0.2, 0.25) is 0 Å². The second kappa shape index (κ2) is 7.11. The minimum absolute atomic E-state index is 0.391. The van der Waals surface area contributed by atoms with E-state index in [1.807, 2.05) is 6.92 Å². The Morgan fingerprint density at radius 1 is 1.44 bits per heavy atom. The van der Waals surface area contributed by atoms with Gasteiger partial charge in [0.05, 0.1) is 6.07 Å². The Balaban J connectivity index is 2.42. The number of nitrogens with one attached hydrogen (secondary N) is 1. The van der Waals surface area contributed by atoms with Gasteiger partial charge >= 0.3 is 0 Å². The first-order valence-electron chi connectivity index (χ1n) is 7.37. The van der Waals surface area contributed by atoms with Crippen LogP contribution in [-0.2, 0) is 0 Å². The van der Waals surface area contributed by atoms with Crippen molar-refractivity contribution in [3.8, 4) is 6.07 Å². The molecule has 0 saturated heterocycles. The van der Waals surface area contributed by atoms with Crippen molar-refractivity contribution in [2.24, 2.45) is 5.92 Å². The summed E-state index contributed by atoms with van der Waals surface area (Å²) in [5.74, 6) is 0.880. The zero-order valence-electron chi connectivity index (χ0n) is 12.5. The molecule has 0 amide bonds. The summed E-state index contributed by atoms with van der Waals surface area (Å²) in [6.07, 6.45) is 6.47. The van der Waals surface area contributed by atoms with Gasteiger partial charge < -0.3 is 4.90 Å². The molecule has 1 aliphatic rings. The molecule has 3 nitrogen and oxygen atoms in total. The summed E-state index contributed by atoms with van der Waals surface area (Å²) >= 11 is 0. The number of hydrogen-bond acceptors (Lipinski definition) is 3. The lowest BCUT2D eigenvalue weighted by atomic mass is 9.94. The molecule has 3 heteroatoms. The SMILES string of the molecule is CCNC(C)(C#N)CC(C)N(C)CC1CCCC1. The highest BCUT2D eigenvalue weighted by molar-refractivity contribution is 5.05. The Labute approximate surface area is 113 Å². The summed E-state index contributed by atoms with van der Waals surface area (Å²) in [6, 6.07) is 2.87. The van der Waals surface area contributed by atoms with E-state index in [2.05, 4.69) is 37.2 Å². The first-order valence-corrected chi connectivity index (χ1v) is 7.37. The van der Waals surface area contributed by atoms with Gasteiger partial charge in [-0.15, -0.1) is 0 Å². The minimum atomic E-state index is -0.391. The van der Waals surface area contributed by atoms with E-state index in [9.17, 15) is 5.26 Å². The fourth-order valence-electron chi connectivity index (χ4n) is 3.07. The predicted molar refractivity (Wildman–Crippen MR) is 76.4 cm³/mol. The molecule has 1 rings (SSSR count). The molecule has 0 aromatic heterocycles. The van der Waals surface area contributed by atoms with E-state index in [0.29, 0.717) is 6.04 Å². The van der Waals surface area contributed by atoms with E-state index in [1.54, 1.807) is 0 Å². The van der Waals surface area contributed by atoms with Crippen LogP contribution in [0.15, 0.2) is 0 Å². The van der Waals surface area contributed by atoms with Crippen LogP contribution < -0.4 is 5.32 Å². The molecule has 1 saturated carbocycles. The van der Waals surface area contributed by atoms with Crippen LogP contribution in [0.5, 0.6) is 0 Å². The molecule has 0 bridgehead atoms. The molecule has 1 aliphatic carbocycles. The Morgan fingerprint density at radius 3 is 2.56 bits per heavy atom. The van der Waals surface area contributed by atoms with Gasteiger partial charge in [0.25, 0.3) is 0 Å². The molecule has 1 N–H and O–H groups in total. The first kappa shape index (κ1) is 15.5. The molecular weight excluding hydrogens is 222 g/mol.